The van der Waals surface area contributed by atoms with Crippen LogP contribution in [0.3, 0.4) is 0 Å². The molecular weight excluding hydrogens is 230 g/mol. The van der Waals surface area contributed by atoms with Crippen molar-refractivity contribution in [3.05, 3.63) is 28.8 Å². The van der Waals surface area contributed by atoms with Crippen LogP contribution in [0.15, 0.2) is 17.0 Å². The van der Waals surface area contributed by atoms with Crippen molar-refractivity contribution >= 4 is 10.8 Å². The van der Waals surface area contributed by atoms with Gasteiger partial charge in [-0.25, -0.2) is 0 Å². The maximum atomic E-state index is 12.2. The summed E-state index contributed by atoms with van der Waals surface area (Å²) in [5.74, 6) is 1.21. The first-order chi connectivity index (χ1) is 8.04. The molecular formula is C14H21NOS. The normalized spacial score (nSPS) is 27.9. The van der Waals surface area contributed by atoms with Gasteiger partial charge < -0.3 is 5.32 Å². The predicted octanol–water partition coefficient (Wildman–Crippen LogP) is 2.71. The SMILES string of the molecule is CCNC1c2cc(C)c(C)cc2S(=O)CC1C. The third-order valence-electron chi connectivity index (χ3n) is 3.61. The van der Waals surface area contributed by atoms with E-state index in [4.69, 9.17) is 0 Å². The van der Waals surface area contributed by atoms with Gasteiger partial charge in [0.05, 0.1) is 10.8 Å². The number of nitrogens with one attached hydrogen (secondary N) is 1. The topological polar surface area (TPSA) is 29.1 Å². The van der Waals surface area contributed by atoms with Crippen LogP contribution in [-0.2, 0) is 10.8 Å². The van der Waals surface area contributed by atoms with Crippen molar-refractivity contribution in [2.45, 2.75) is 38.6 Å². The van der Waals surface area contributed by atoms with Gasteiger partial charge in [0.15, 0.2) is 0 Å². The largest absolute Gasteiger partial charge is 0.310 e. The molecule has 3 unspecified atom stereocenters. The van der Waals surface area contributed by atoms with Crippen LogP contribution in [0.4, 0.5) is 0 Å². The van der Waals surface area contributed by atoms with Crippen LogP contribution in [-0.4, -0.2) is 16.5 Å². The highest BCUT2D eigenvalue weighted by molar-refractivity contribution is 7.85. The molecule has 0 aliphatic carbocycles. The molecule has 1 heterocycles. The summed E-state index contributed by atoms with van der Waals surface area (Å²) >= 11 is 0. The van der Waals surface area contributed by atoms with Gasteiger partial charge in [-0.15, -0.1) is 0 Å². The van der Waals surface area contributed by atoms with Crippen molar-refractivity contribution in [3.63, 3.8) is 0 Å². The average Bonchev–Trinajstić information content (AvgIpc) is 2.27. The Morgan fingerprint density at radius 2 is 2.00 bits per heavy atom. The Morgan fingerprint density at radius 1 is 1.35 bits per heavy atom. The molecule has 3 heteroatoms. The molecule has 1 aromatic rings. The Hall–Kier alpha value is -0.670. The molecule has 2 rings (SSSR count). The third-order valence-corrected chi connectivity index (χ3v) is 5.29. The van der Waals surface area contributed by atoms with E-state index in [1.165, 1.54) is 16.7 Å². The van der Waals surface area contributed by atoms with Gasteiger partial charge in [-0.1, -0.05) is 19.9 Å². The minimum absolute atomic E-state index is 0.354. The van der Waals surface area contributed by atoms with Crippen LogP contribution < -0.4 is 5.32 Å². The molecule has 17 heavy (non-hydrogen) atoms. The Balaban J connectivity index is 2.53. The zero-order chi connectivity index (χ0) is 12.6. The molecule has 0 saturated carbocycles. The molecule has 1 aromatic carbocycles. The monoisotopic (exact) mass is 251 g/mol. The highest BCUT2D eigenvalue weighted by Gasteiger charge is 2.30. The second-order valence-electron chi connectivity index (χ2n) is 5.00. The standard InChI is InChI=1S/C14H21NOS/c1-5-15-14-11(4)8-17(16)13-7-10(3)9(2)6-12(13)14/h6-7,11,14-15H,5,8H2,1-4H3. The van der Waals surface area contributed by atoms with Gasteiger partial charge in [-0.2, -0.15) is 0 Å². The second-order valence-corrected chi connectivity index (χ2v) is 6.46. The molecule has 1 aliphatic heterocycles. The first kappa shape index (κ1) is 12.8. The van der Waals surface area contributed by atoms with Gasteiger partial charge in [0, 0.05) is 16.7 Å². The first-order valence-electron chi connectivity index (χ1n) is 6.27. The van der Waals surface area contributed by atoms with E-state index in [2.05, 4.69) is 45.1 Å². The summed E-state index contributed by atoms with van der Waals surface area (Å²) in [5, 5.41) is 3.52. The number of hydrogen-bond donors (Lipinski definition) is 1. The molecule has 2 nitrogen and oxygen atoms in total. The lowest BCUT2D eigenvalue weighted by Gasteiger charge is -2.32. The number of hydrogen-bond acceptors (Lipinski definition) is 2. The fourth-order valence-corrected chi connectivity index (χ4v) is 4.12. The highest BCUT2D eigenvalue weighted by atomic mass is 32.2. The lowest BCUT2D eigenvalue weighted by Crippen LogP contribution is -2.34. The van der Waals surface area contributed by atoms with Crippen LogP contribution in [0.2, 0.25) is 0 Å². The summed E-state index contributed by atoms with van der Waals surface area (Å²) in [6.45, 7) is 9.48. The summed E-state index contributed by atoms with van der Waals surface area (Å²) in [6.07, 6.45) is 0. The molecule has 0 spiro atoms. The Kier molecular flexibility index (Phi) is 3.69. The van der Waals surface area contributed by atoms with Gasteiger partial charge in [-0.3, -0.25) is 4.21 Å². The van der Waals surface area contributed by atoms with Crippen molar-refractivity contribution < 1.29 is 4.21 Å². The first-order valence-corrected chi connectivity index (χ1v) is 7.59. The fourth-order valence-electron chi connectivity index (χ4n) is 2.51. The number of rotatable bonds is 2. The summed E-state index contributed by atoms with van der Waals surface area (Å²) in [6, 6.07) is 4.68. The van der Waals surface area contributed by atoms with Crippen molar-refractivity contribution in [1.29, 1.82) is 0 Å². The van der Waals surface area contributed by atoms with E-state index in [9.17, 15) is 4.21 Å². The zero-order valence-electron chi connectivity index (χ0n) is 11.0. The maximum absolute atomic E-state index is 12.2. The quantitative estimate of drug-likeness (QED) is 0.875. The van der Waals surface area contributed by atoms with E-state index in [0.717, 1.165) is 17.2 Å². The van der Waals surface area contributed by atoms with Crippen LogP contribution in [0.5, 0.6) is 0 Å². The van der Waals surface area contributed by atoms with Crippen LogP contribution >= 0.6 is 0 Å². The molecule has 1 N–H and O–H groups in total. The molecule has 0 aromatic heterocycles. The van der Waals surface area contributed by atoms with E-state index in [-0.39, 0.29) is 0 Å². The van der Waals surface area contributed by atoms with Crippen molar-refractivity contribution in [2.75, 3.05) is 12.3 Å². The van der Waals surface area contributed by atoms with Gasteiger partial charge in [0.25, 0.3) is 0 Å². The summed E-state index contributed by atoms with van der Waals surface area (Å²) in [4.78, 5) is 1.04. The van der Waals surface area contributed by atoms with Gasteiger partial charge in [-0.05, 0) is 49.1 Å². The van der Waals surface area contributed by atoms with Gasteiger partial charge in [0.2, 0.25) is 0 Å². The lowest BCUT2D eigenvalue weighted by atomic mass is 9.92. The zero-order valence-corrected chi connectivity index (χ0v) is 11.9. The molecule has 94 valence electrons. The van der Waals surface area contributed by atoms with E-state index in [0.29, 0.717) is 12.0 Å². The molecule has 0 radical (unpaired) electrons. The number of benzene rings is 1. The number of aryl methyl sites for hydroxylation is 2. The minimum atomic E-state index is -0.828. The lowest BCUT2D eigenvalue weighted by molar-refractivity contribution is 0.410. The average molecular weight is 251 g/mol. The van der Waals surface area contributed by atoms with E-state index in [1.54, 1.807) is 0 Å². The third kappa shape index (κ3) is 2.31. The van der Waals surface area contributed by atoms with Crippen LogP contribution in [0.25, 0.3) is 0 Å². The molecule has 0 fully saturated rings. The van der Waals surface area contributed by atoms with Gasteiger partial charge in [0.1, 0.15) is 0 Å². The predicted molar refractivity (Wildman–Crippen MR) is 72.8 cm³/mol. The molecule has 0 saturated heterocycles. The van der Waals surface area contributed by atoms with Crippen LogP contribution in [0, 0.1) is 19.8 Å². The molecule has 1 aliphatic rings. The van der Waals surface area contributed by atoms with Crippen molar-refractivity contribution in [1.82, 2.24) is 5.32 Å². The van der Waals surface area contributed by atoms with E-state index < -0.39 is 10.8 Å². The summed E-state index contributed by atoms with van der Waals surface area (Å²) in [5.41, 5.74) is 3.77. The summed E-state index contributed by atoms with van der Waals surface area (Å²) < 4.78 is 12.2. The van der Waals surface area contributed by atoms with Crippen molar-refractivity contribution in [2.24, 2.45) is 5.92 Å². The fraction of sp³-hybridized carbons (Fsp3) is 0.571. The Morgan fingerprint density at radius 3 is 2.65 bits per heavy atom. The van der Waals surface area contributed by atoms with Gasteiger partial charge >= 0.3 is 0 Å². The Bertz CT molecular complexity index is 456. The summed E-state index contributed by atoms with van der Waals surface area (Å²) in [7, 11) is -0.828. The smallest absolute Gasteiger partial charge is 0.0536 e. The molecule has 0 bridgehead atoms. The van der Waals surface area contributed by atoms with Crippen LogP contribution in [0.1, 0.15) is 36.6 Å². The maximum Gasteiger partial charge on any atom is 0.0536 e. The molecule has 3 atom stereocenters. The Labute approximate surface area is 106 Å². The highest BCUT2D eigenvalue weighted by Crippen LogP contribution is 2.35. The number of fused-ring (bicyclic) bond motifs is 1. The van der Waals surface area contributed by atoms with Crippen molar-refractivity contribution in [3.8, 4) is 0 Å². The molecule has 0 amide bonds. The van der Waals surface area contributed by atoms with E-state index in [1.807, 2.05) is 0 Å². The van der Waals surface area contributed by atoms with E-state index >= 15 is 0 Å². The minimum Gasteiger partial charge on any atom is -0.310 e. The second kappa shape index (κ2) is 4.91.